The molecule has 0 aliphatic rings. The lowest BCUT2D eigenvalue weighted by atomic mass is 10.1. The summed E-state index contributed by atoms with van der Waals surface area (Å²) in [5, 5.41) is 8.71. The predicted molar refractivity (Wildman–Crippen MR) is 90.6 cm³/mol. The number of ether oxygens (including phenoxy) is 1. The van der Waals surface area contributed by atoms with Gasteiger partial charge in [0, 0.05) is 23.5 Å². The highest BCUT2D eigenvalue weighted by atomic mass is 16.5. The highest BCUT2D eigenvalue weighted by Gasteiger charge is 2.04. The molecule has 0 bridgehead atoms. The van der Waals surface area contributed by atoms with Crippen LogP contribution in [0.3, 0.4) is 0 Å². The fourth-order valence-corrected chi connectivity index (χ4v) is 2.10. The van der Waals surface area contributed by atoms with E-state index in [1.54, 1.807) is 6.07 Å². The zero-order valence-corrected chi connectivity index (χ0v) is 13.0. The third kappa shape index (κ3) is 4.05. The monoisotopic (exact) mass is 298 g/mol. The van der Waals surface area contributed by atoms with Gasteiger partial charge in [-0.25, -0.2) is 0 Å². The van der Waals surface area contributed by atoms with Gasteiger partial charge in [0.1, 0.15) is 0 Å². The average Bonchev–Trinajstić information content (AvgIpc) is 2.52. The van der Waals surface area contributed by atoms with E-state index in [1.165, 1.54) is 0 Å². The normalized spacial score (nSPS) is 11.2. The second-order valence-corrected chi connectivity index (χ2v) is 4.97. The van der Waals surface area contributed by atoms with Crippen LogP contribution in [0.15, 0.2) is 46.6 Å². The van der Waals surface area contributed by atoms with Crippen LogP contribution in [0.2, 0.25) is 0 Å². The Morgan fingerprint density at radius 3 is 2.27 bits per heavy atom. The van der Waals surface area contributed by atoms with Gasteiger partial charge in [0.05, 0.1) is 18.0 Å². The van der Waals surface area contributed by atoms with Crippen molar-refractivity contribution in [3.05, 3.63) is 47.5 Å². The van der Waals surface area contributed by atoms with Crippen molar-refractivity contribution < 1.29 is 4.74 Å². The summed E-state index contributed by atoms with van der Waals surface area (Å²) in [6, 6.07) is 11.2. The summed E-state index contributed by atoms with van der Waals surface area (Å²) in [6.45, 7) is 5.17. The Labute approximate surface area is 131 Å². The van der Waals surface area contributed by atoms with Gasteiger partial charge in [-0.15, -0.1) is 0 Å². The van der Waals surface area contributed by atoms with E-state index < -0.39 is 0 Å². The minimum atomic E-state index is 0.494. The Hall–Kier alpha value is -2.40. The van der Waals surface area contributed by atoms with E-state index in [9.17, 15) is 0 Å². The summed E-state index contributed by atoms with van der Waals surface area (Å²) < 4.78 is 5.45. The maximum Gasteiger partial charge on any atom is 0.0932 e. The van der Waals surface area contributed by atoms with Gasteiger partial charge in [0.2, 0.25) is 0 Å². The largest absolute Gasteiger partial charge is 0.399 e. The maximum atomic E-state index is 5.84. The summed E-state index contributed by atoms with van der Waals surface area (Å²) >= 11 is 0. The first-order valence-electron chi connectivity index (χ1n) is 7.40. The smallest absolute Gasteiger partial charge is 0.0932 e. The molecule has 0 saturated heterocycles. The van der Waals surface area contributed by atoms with E-state index >= 15 is 0 Å². The van der Waals surface area contributed by atoms with E-state index in [1.807, 2.05) is 37.3 Å². The lowest BCUT2D eigenvalue weighted by Crippen LogP contribution is -1.93. The van der Waals surface area contributed by atoms with Crippen LogP contribution in [-0.4, -0.2) is 6.61 Å². The molecule has 0 aromatic heterocycles. The van der Waals surface area contributed by atoms with Crippen LogP contribution in [0.1, 0.15) is 25.0 Å². The Kier molecular flexibility index (Phi) is 5.49. The molecule has 0 heterocycles. The first-order valence-corrected chi connectivity index (χ1v) is 7.40. The lowest BCUT2D eigenvalue weighted by Gasteiger charge is -2.07. The van der Waals surface area contributed by atoms with Crippen molar-refractivity contribution in [2.24, 2.45) is 10.2 Å². The third-order valence-corrected chi connectivity index (χ3v) is 3.32. The molecule has 22 heavy (non-hydrogen) atoms. The molecule has 116 valence electrons. The Bertz CT molecular complexity index is 668. The molecule has 5 heteroatoms. The van der Waals surface area contributed by atoms with Crippen molar-refractivity contribution in [1.82, 2.24) is 0 Å². The van der Waals surface area contributed by atoms with Crippen molar-refractivity contribution in [1.29, 1.82) is 0 Å². The fraction of sp³-hybridized carbons (Fsp3) is 0.294. The summed E-state index contributed by atoms with van der Waals surface area (Å²) in [5.74, 6) is 0. The lowest BCUT2D eigenvalue weighted by molar-refractivity contribution is 0.134. The molecule has 2 aromatic carbocycles. The van der Waals surface area contributed by atoms with Crippen molar-refractivity contribution in [2.45, 2.75) is 26.9 Å². The van der Waals surface area contributed by atoms with Crippen LogP contribution in [0.25, 0.3) is 0 Å². The van der Waals surface area contributed by atoms with E-state index in [-0.39, 0.29) is 0 Å². The number of hydrogen-bond acceptors (Lipinski definition) is 5. The molecule has 0 aliphatic carbocycles. The molecule has 0 unspecified atom stereocenters. The highest BCUT2D eigenvalue weighted by molar-refractivity contribution is 5.57. The van der Waals surface area contributed by atoms with Gasteiger partial charge in [-0.05, 0) is 49.2 Å². The van der Waals surface area contributed by atoms with E-state index in [0.29, 0.717) is 18.9 Å². The SMILES string of the molecule is CCOCc1ccc(N)cc1N=Nc1ccc(N)cc1CC. The van der Waals surface area contributed by atoms with Crippen molar-refractivity contribution in [3.8, 4) is 0 Å². The number of rotatable bonds is 6. The molecule has 5 nitrogen and oxygen atoms in total. The fourth-order valence-electron chi connectivity index (χ4n) is 2.10. The van der Waals surface area contributed by atoms with E-state index in [0.717, 1.165) is 34.6 Å². The zero-order chi connectivity index (χ0) is 15.9. The predicted octanol–water partition coefficient (Wildman–Crippen LogP) is 4.37. The van der Waals surface area contributed by atoms with E-state index in [2.05, 4.69) is 17.2 Å². The number of nitrogen functional groups attached to an aromatic ring is 2. The van der Waals surface area contributed by atoms with Gasteiger partial charge < -0.3 is 16.2 Å². The van der Waals surface area contributed by atoms with Crippen molar-refractivity contribution in [3.63, 3.8) is 0 Å². The molecule has 0 radical (unpaired) electrons. The quantitative estimate of drug-likeness (QED) is 0.613. The van der Waals surface area contributed by atoms with Crippen molar-refractivity contribution >= 4 is 22.7 Å². The average molecular weight is 298 g/mol. The summed E-state index contributed by atoms with van der Waals surface area (Å²) in [5.41, 5.74) is 16.6. The number of anilines is 2. The Morgan fingerprint density at radius 1 is 0.864 bits per heavy atom. The molecular formula is C17H22N4O. The molecule has 4 N–H and O–H groups in total. The number of hydrogen-bond donors (Lipinski definition) is 2. The van der Waals surface area contributed by atoms with Crippen LogP contribution in [0.4, 0.5) is 22.7 Å². The standard InChI is InChI=1S/C17H22N4O/c1-3-12-9-14(18)7-8-16(12)20-21-17-10-15(19)6-5-13(17)11-22-4-2/h5-10H,3-4,11,18-19H2,1-2H3. The Balaban J connectivity index is 2.31. The van der Waals surface area contributed by atoms with Crippen molar-refractivity contribution in [2.75, 3.05) is 18.1 Å². The summed E-state index contributed by atoms with van der Waals surface area (Å²) in [7, 11) is 0. The molecule has 0 amide bonds. The summed E-state index contributed by atoms with van der Waals surface area (Å²) in [4.78, 5) is 0. The van der Waals surface area contributed by atoms with Gasteiger partial charge in [-0.1, -0.05) is 13.0 Å². The van der Waals surface area contributed by atoms with Gasteiger partial charge >= 0.3 is 0 Å². The molecule has 2 rings (SSSR count). The first-order chi connectivity index (χ1) is 10.6. The number of azo groups is 1. The number of benzene rings is 2. The third-order valence-electron chi connectivity index (χ3n) is 3.32. The molecule has 0 atom stereocenters. The summed E-state index contributed by atoms with van der Waals surface area (Å²) in [6.07, 6.45) is 0.849. The topological polar surface area (TPSA) is 86.0 Å². The molecule has 0 spiro atoms. The van der Waals surface area contributed by atoms with Gasteiger partial charge in [0.15, 0.2) is 0 Å². The second-order valence-electron chi connectivity index (χ2n) is 4.97. The number of nitrogens with two attached hydrogens (primary N) is 2. The van der Waals surface area contributed by atoms with Crippen LogP contribution in [0, 0.1) is 0 Å². The second kappa shape index (κ2) is 7.56. The first kappa shape index (κ1) is 16.0. The Morgan fingerprint density at radius 2 is 1.55 bits per heavy atom. The van der Waals surface area contributed by atoms with Gasteiger partial charge in [-0.2, -0.15) is 10.2 Å². The maximum absolute atomic E-state index is 5.84. The highest BCUT2D eigenvalue weighted by Crippen LogP contribution is 2.28. The van der Waals surface area contributed by atoms with Crippen LogP contribution >= 0.6 is 0 Å². The molecule has 2 aromatic rings. The van der Waals surface area contributed by atoms with E-state index in [4.69, 9.17) is 16.2 Å². The van der Waals surface area contributed by atoms with Gasteiger partial charge in [0.25, 0.3) is 0 Å². The minimum absolute atomic E-state index is 0.494. The number of nitrogens with zero attached hydrogens (tertiary/aromatic N) is 2. The van der Waals surface area contributed by atoms with Crippen LogP contribution in [0.5, 0.6) is 0 Å². The zero-order valence-electron chi connectivity index (χ0n) is 13.0. The minimum Gasteiger partial charge on any atom is -0.399 e. The molecule has 0 aliphatic heterocycles. The number of aryl methyl sites for hydroxylation is 1. The van der Waals surface area contributed by atoms with Crippen LogP contribution in [-0.2, 0) is 17.8 Å². The molecular weight excluding hydrogens is 276 g/mol. The van der Waals surface area contributed by atoms with Gasteiger partial charge in [-0.3, -0.25) is 0 Å². The molecule has 0 fully saturated rings. The van der Waals surface area contributed by atoms with Crippen LogP contribution < -0.4 is 11.5 Å². The molecule has 0 saturated carbocycles.